The monoisotopic (exact) mass is 218 g/mol. The highest BCUT2D eigenvalue weighted by molar-refractivity contribution is 7.10. The number of nitrogens with one attached hydrogen (secondary N) is 1. The molecule has 0 fully saturated rings. The number of halogens is 1. The van der Waals surface area contributed by atoms with Gasteiger partial charge in [-0.2, -0.15) is 0 Å². The van der Waals surface area contributed by atoms with Crippen molar-refractivity contribution in [2.75, 3.05) is 11.9 Å². The second kappa shape index (κ2) is 4.48. The Bertz CT molecular complexity index is 300. The molecule has 0 atom stereocenters. The third-order valence-corrected chi connectivity index (χ3v) is 3.01. The van der Waals surface area contributed by atoms with Crippen LogP contribution in [-0.2, 0) is 6.42 Å². The van der Waals surface area contributed by atoms with Crippen molar-refractivity contribution < 1.29 is 4.79 Å². The van der Waals surface area contributed by atoms with Crippen molar-refractivity contribution in [2.24, 2.45) is 0 Å². The van der Waals surface area contributed by atoms with E-state index in [0.717, 1.165) is 12.1 Å². The maximum Gasteiger partial charge on any atom is 0.336 e. The summed E-state index contributed by atoms with van der Waals surface area (Å²) in [6.45, 7) is 2.06. The highest BCUT2D eigenvalue weighted by atomic mass is 35.5. The van der Waals surface area contributed by atoms with E-state index in [9.17, 15) is 4.79 Å². The first kappa shape index (κ1) is 10.3. The molecule has 0 saturated heterocycles. The number of amides is 2. The lowest BCUT2D eigenvalue weighted by Crippen LogP contribution is -2.32. The third-order valence-electron chi connectivity index (χ3n) is 1.79. The lowest BCUT2D eigenvalue weighted by Gasteiger charge is -2.15. The molecule has 0 bridgehead atoms. The molecular formula is C8H11ClN2OS. The summed E-state index contributed by atoms with van der Waals surface area (Å²) in [5.41, 5.74) is 0.922. The average molecular weight is 219 g/mol. The lowest BCUT2D eigenvalue weighted by molar-refractivity contribution is 0.252. The summed E-state index contributed by atoms with van der Waals surface area (Å²) in [5, 5.41) is 1.96. The van der Waals surface area contributed by atoms with Gasteiger partial charge in [-0.15, -0.1) is 11.3 Å². The molecule has 1 aromatic rings. The highest BCUT2D eigenvalue weighted by Crippen LogP contribution is 2.25. The molecule has 0 radical (unpaired) electrons. The molecule has 0 spiro atoms. The summed E-state index contributed by atoms with van der Waals surface area (Å²) in [4.78, 5) is 15.9. The van der Waals surface area contributed by atoms with Crippen molar-refractivity contribution in [3.8, 4) is 0 Å². The summed E-state index contributed by atoms with van der Waals surface area (Å²) in [7, 11) is 1.69. The number of hydrogen-bond acceptors (Lipinski definition) is 2. The van der Waals surface area contributed by atoms with Crippen LogP contribution in [0.1, 0.15) is 11.8 Å². The minimum absolute atomic E-state index is 0.310. The van der Waals surface area contributed by atoms with E-state index in [2.05, 4.69) is 11.8 Å². The molecule has 1 N–H and O–H groups in total. The van der Waals surface area contributed by atoms with E-state index in [1.807, 2.05) is 11.4 Å². The molecule has 13 heavy (non-hydrogen) atoms. The normalized spacial score (nSPS) is 9.77. The Kier molecular flexibility index (Phi) is 3.57. The Morgan fingerprint density at radius 1 is 1.77 bits per heavy atom. The standard InChI is InChI=1S/C8H11ClN2OS/c1-3-7-6(4-5-13-7)11(2)8(12)10-9/h4-5H,3H2,1-2H3,(H,10,12). The number of nitrogens with zero attached hydrogens (tertiary/aromatic N) is 1. The predicted octanol–water partition coefficient (Wildman–Crippen LogP) is 2.61. The Balaban J connectivity index is 2.87. The zero-order valence-corrected chi connectivity index (χ0v) is 9.08. The maximum absolute atomic E-state index is 11.2. The van der Waals surface area contributed by atoms with Crippen molar-refractivity contribution in [1.29, 1.82) is 0 Å². The zero-order valence-electron chi connectivity index (χ0n) is 7.50. The summed E-state index contributed by atoms with van der Waals surface area (Å²) < 4.78 is 0. The van der Waals surface area contributed by atoms with Gasteiger partial charge in [0, 0.05) is 23.7 Å². The van der Waals surface area contributed by atoms with Gasteiger partial charge in [0.1, 0.15) is 0 Å². The molecule has 5 heteroatoms. The van der Waals surface area contributed by atoms with Crippen molar-refractivity contribution in [1.82, 2.24) is 4.84 Å². The van der Waals surface area contributed by atoms with Crippen LogP contribution in [0.15, 0.2) is 11.4 Å². The second-order valence-electron chi connectivity index (χ2n) is 2.54. The molecule has 72 valence electrons. The van der Waals surface area contributed by atoms with Crippen LogP contribution in [0.5, 0.6) is 0 Å². The van der Waals surface area contributed by atoms with Gasteiger partial charge in [0.15, 0.2) is 0 Å². The maximum atomic E-state index is 11.2. The molecule has 0 saturated carbocycles. The summed E-state index contributed by atoms with van der Waals surface area (Å²) in [6, 6.07) is 1.60. The van der Waals surface area contributed by atoms with Crippen molar-refractivity contribution in [3.05, 3.63) is 16.3 Å². The minimum Gasteiger partial charge on any atom is -0.295 e. The van der Waals surface area contributed by atoms with Crippen LogP contribution in [0.3, 0.4) is 0 Å². The number of thiophene rings is 1. The van der Waals surface area contributed by atoms with Gasteiger partial charge in [-0.05, 0) is 17.9 Å². The van der Waals surface area contributed by atoms with E-state index < -0.39 is 0 Å². The van der Waals surface area contributed by atoms with Gasteiger partial charge < -0.3 is 0 Å². The van der Waals surface area contributed by atoms with Crippen LogP contribution in [0, 0.1) is 0 Å². The number of carbonyl (C=O) groups is 1. The van der Waals surface area contributed by atoms with E-state index in [1.165, 1.54) is 9.78 Å². The SMILES string of the molecule is CCc1sccc1N(C)C(=O)NCl. The quantitative estimate of drug-likeness (QED) is 0.761. The molecule has 0 aliphatic heterocycles. The Hall–Kier alpha value is -0.740. The molecule has 1 heterocycles. The van der Waals surface area contributed by atoms with Gasteiger partial charge in [-0.25, -0.2) is 9.63 Å². The molecule has 3 nitrogen and oxygen atoms in total. The molecular weight excluding hydrogens is 208 g/mol. The first-order valence-electron chi connectivity index (χ1n) is 3.91. The minimum atomic E-state index is -0.310. The van der Waals surface area contributed by atoms with Crippen LogP contribution in [0.2, 0.25) is 0 Å². The smallest absolute Gasteiger partial charge is 0.295 e. The van der Waals surface area contributed by atoms with E-state index in [0.29, 0.717) is 0 Å². The van der Waals surface area contributed by atoms with Crippen molar-refractivity contribution >= 4 is 34.8 Å². The Morgan fingerprint density at radius 3 is 3.00 bits per heavy atom. The first-order chi connectivity index (χ1) is 6.20. The van der Waals surface area contributed by atoms with Crippen molar-refractivity contribution in [3.63, 3.8) is 0 Å². The van der Waals surface area contributed by atoms with Gasteiger partial charge in [0.25, 0.3) is 0 Å². The van der Waals surface area contributed by atoms with E-state index in [1.54, 1.807) is 18.4 Å². The number of hydrogen-bond donors (Lipinski definition) is 1. The number of carbonyl (C=O) groups excluding carboxylic acids is 1. The predicted molar refractivity (Wildman–Crippen MR) is 56.5 cm³/mol. The largest absolute Gasteiger partial charge is 0.336 e. The fourth-order valence-electron chi connectivity index (χ4n) is 1.07. The molecule has 0 aliphatic rings. The molecule has 0 unspecified atom stereocenters. The van der Waals surface area contributed by atoms with Crippen LogP contribution in [-0.4, -0.2) is 13.1 Å². The van der Waals surface area contributed by atoms with Gasteiger partial charge in [-0.3, -0.25) is 4.90 Å². The number of urea groups is 1. The molecule has 1 rings (SSSR count). The average Bonchev–Trinajstić information content (AvgIpc) is 2.62. The molecule has 2 amide bonds. The second-order valence-corrected chi connectivity index (χ2v) is 3.73. The number of aryl methyl sites for hydroxylation is 1. The van der Waals surface area contributed by atoms with Crippen LogP contribution in [0.4, 0.5) is 10.5 Å². The van der Waals surface area contributed by atoms with Gasteiger partial charge in [0.2, 0.25) is 0 Å². The van der Waals surface area contributed by atoms with Gasteiger partial charge in [0.05, 0.1) is 5.69 Å². The van der Waals surface area contributed by atoms with Crippen molar-refractivity contribution in [2.45, 2.75) is 13.3 Å². The topological polar surface area (TPSA) is 32.3 Å². The van der Waals surface area contributed by atoms with Crippen LogP contribution >= 0.6 is 23.1 Å². The summed E-state index contributed by atoms with van der Waals surface area (Å²) in [5.74, 6) is 0. The summed E-state index contributed by atoms with van der Waals surface area (Å²) in [6.07, 6.45) is 0.924. The molecule has 0 aliphatic carbocycles. The van der Waals surface area contributed by atoms with Gasteiger partial charge in [-0.1, -0.05) is 6.92 Å². The highest BCUT2D eigenvalue weighted by Gasteiger charge is 2.13. The third kappa shape index (κ3) is 2.14. The lowest BCUT2D eigenvalue weighted by atomic mass is 10.3. The van der Waals surface area contributed by atoms with E-state index >= 15 is 0 Å². The Morgan fingerprint density at radius 2 is 2.46 bits per heavy atom. The zero-order chi connectivity index (χ0) is 9.84. The first-order valence-corrected chi connectivity index (χ1v) is 5.17. The number of rotatable bonds is 2. The molecule has 0 aromatic carbocycles. The number of anilines is 1. The van der Waals surface area contributed by atoms with Crippen LogP contribution < -0.4 is 9.74 Å². The van der Waals surface area contributed by atoms with E-state index in [-0.39, 0.29) is 6.03 Å². The van der Waals surface area contributed by atoms with E-state index in [4.69, 9.17) is 11.8 Å². The molecule has 1 aromatic heterocycles. The fraction of sp³-hybridized carbons (Fsp3) is 0.375. The fourth-order valence-corrected chi connectivity index (χ4v) is 2.05. The van der Waals surface area contributed by atoms with Crippen LogP contribution in [0.25, 0.3) is 0 Å². The summed E-state index contributed by atoms with van der Waals surface area (Å²) >= 11 is 6.86. The van der Waals surface area contributed by atoms with Gasteiger partial charge >= 0.3 is 6.03 Å². The Labute approximate surface area is 86.4 Å².